The van der Waals surface area contributed by atoms with Crippen LogP contribution in [0.25, 0.3) is 0 Å². The Morgan fingerprint density at radius 3 is 2.80 bits per heavy atom. The van der Waals surface area contributed by atoms with Gasteiger partial charge in [0, 0.05) is 12.4 Å². The lowest BCUT2D eigenvalue weighted by atomic mass is 10.1. The Bertz CT molecular complexity index is 352. The van der Waals surface area contributed by atoms with Crippen LogP contribution in [0.15, 0.2) is 18.2 Å². The summed E-state index contributed by atoms with van der Waals surface area (Å²) in [6.45, 7) is 4.30. The number of carbonyl (C=O) groups excluding carboxylic acids is 1. The van der Waals surface area contributed by atoms with E-state index in [2.05, 4.69) is 5.32 Å². The first-order valence-corrected chi connectivity index (χ1v) is 5.26. The molecule has 1 aromatic rings. The third kappa shape index (κ3) is 3.80. The fourth-order valence-corrected chi connectivity index (χ4v) is 1.29. The quantitative estimate of drug-likeness (QED) is 0.807. The van der Waals surface area contributed by atoms with Crippen LogP contribution < -0.4 is 10.1 Å². The molecule has 0 aromatic heterocycles. The lowest BCUT2D eigenvalue weighted by Gasteiger charge is -2.08. The maximum Gasteiger partial charge on any atom is 0.412 e. The number of amides is 1. The summed E-state index contributed by atoms with van der Waals surface area (Å²) in [4.78, 5) is 11.2. The van der Waals surface area contributed by atoms with E-state index in [1.807, 2.05) is 26.0 Å². The van der Waals surface area contributed by atoms with Crippen LogP contribution in [0, 0.1) is 13.8 Å². The minimum Gasteiger partial charge on any atom is -0.410 e. The lowest BCUT2D eigenvalue weighted by Crippen LogP contribution is -2.28. The van der Waals surface area contributed by atoms with Gasteiger partial charge in [-0.15, -0.1) is 11.6 Å². The van der Waals surface area contributed by atoms with Gasteiger partial charge < -0.3 is 10.1 Å². The zero-order chi connectivity index (χ0) is 11.3. The average Bonchev–Trinajstić information content (AvgIpc) is 2.19. The number of nitrogens with one attached hydrogen (secondary N) is 1. The summed E-state index contributed by atoms with van der Waals surface area (Å²) >= 11 is 5.43. The molecule has 0 aliphatic heterocycles. The molecule has 1 N–H and O–H groups in total. The van der Waals surface area contributed by atoms with Crippen LogP contribution in [0.3, 0.4) is 0 Å². The van der Waals surface area contributed by atoms with Gasteiger partial charge >= 0.3 is 6.09 Å². The summed E-state index contributed by atoms with van der Waals surface area (Å²) in [7, 11) is 0. The highest BCUT2D eigenvalue weighted by atomic mass is 35.5. The molecule has 0 bridgehead atoms. The molecule has 1 aromatic carbocycles. The summed E-state index contributed by atoms with van der Waals surface area (Å²) in [6.07, 6.45) is -0.470. The second-order valence-electron chi connectivity index (χ2n) is 3.27. The Kier molecular flexibility index (Phi) is 4.43. The van der Waals surface area contributed by atoms with Gasteiger partial charge in [0.15, 0.2) is 0 Å². The Labute approximate surface area is 94.4 Å². The standard InChI is InChI=1S/C11H14ClNO2/c1-8-3-4-10(9(2)7-8)15-11(14)13-6-5-12/h3-4,7H,5-6H2,1-2H3,(H,13,14). The molecule has 0 fully saturated rings. The van der Waals surface area contributed by atoms with E-state index in [0.717, 1.165) is 11.1 Å². The molecule has 3 nitrogen and oxygen atoms in total. The van der Waals surface area contributed by atoms with E-state index >= 15 is 0 Å². The van der Waals surface area contributed by atoms with E-state index in [1.165, 1.54) is 0 Å². The number of rotatable bonds is 3. The van der Waals surface area contributed by atoms with Crippen molar-refractivity contribution in [2.75, 3.05) is 12.4 Å². The SMILES string of the molecule is Cc1ccc(OC(=O)NCCCl)c(C)c1. The van der Waals surface area contributed by atoms with E-state index < -0.39 is 6.09 Å². The third-order valence-corrected chi connectivity index (χ3v) is 2.09. The largest absolute Gasteiger partial charge is 0.412 e. The van der Waals surface area contributed by atoms with Crippen molar-refractivity contribution >= 4 is 17.7 Å². The van der Waals surface area contributed by atoms with E-state index in [-0.39, 0.29) is 0 Å². The first kappa shape index (κ1) is 11.9. The molecule has 0 aliphatic rings. The number of alkyl halides is 1. The van der Waals surface area contributed by atoms with Gasteiger partial charge in [-0.05, 0) is 25.5 Å². The summed E-state index contributed by atoms with van der Waals surface area (Å²) in [5.74, 6) is 0.954. The molecule has 0 spiro atoms. The average molecular weight is 228 g/mol. The van der Waals surface area contributed by atoms with Crippen molar-refractivity contribution in [3.63, 3.8) is 0 Å². The highest BCUT2D eigenvalue weighted by Gasteiger charge is 2.05. The molecule has 1 rings (SSSR count). The van der Waals surface area contributed by atoms with E-state index in [9.17, 15) is 4.79 Å². The molecule has 15 heavy (non-hydrogen) atoms. The van der Waals surface area contributed by atoms with Crippen LogP contribution >= 0.6 is 11.6 Å². The van der Waals surface area contributed by atoms with Crippen molar-refractivity contribution in [1.29, 1.82) is 0 Å². The molecule has 1 amide bonds. The molecular weight excluding hydrogens is 214 g/mol. The van der Waals surface area contributed by atoms with Gasteiger partial charge in [0.25, 0.3) is 0 Å². The first-order valence-electron chi connectivity index (χ1n) is 4.72. The third-order valence-electron chi connectivity index (χ3n) is 1.90. The van der Waals surface area contributed by atoms with E-state index in [0.29, 0.717) is 18.2 Å². The molecule has 0 heterocycles. The van der Waals surface area contributed by atoms with E-state index in [4.69, 9.17) is 16.3 Å². The van der Waals surface area contributed by atoms with Gasteiger partial charge in [0.2, 0.25) is 0 Å². The van der Waals surface area contributed by atoms with Gasteiger partial charge in [0.05, 0.1) is 0 Å². The predicted octanol–water partition coefficient (Wildman–Crippen LogP) is 2.63. The van der Waals surface area contributed by atoms with Crippen LogP contribution in [0.4, 0.5) is 4.79 Å². The first-order chi connectivity index (χ1) is 7.13. The molecule has 0 saturated carbocycles. The Hall–Kier alpha value is -1.22. The zero-order valence-electron chi connectivity index (χ0n) is 8.84. The molecule has 4 heteroatoms. The van der Waals surface area contributed by atoms with E-state index in [1.54, 1.807) is 6.07 Å². The van der Waals surface area contributed by atoms with Crippen LogP contribution in [-0.4, -0.2) is 18.5 Å². The maximum atomic E-state index is 11.2. The van der Waals surface area contributed by atoms with Gasteiger partial charge in [-0.3, -0.25) is 0 Å². The molecule has 0 aliphatic carbocycles. The molecular formula is C11H14ClNO2. The van der Waals surface area contributed by atoms with Crippen LogP contribution in [0.1, 0.15) is 11.1 Å². The fourth-order valence-electron chi connectivity index (χ4n) is 1.20. The van der Waals surface area contributed by atoms with Gasteiger partial charge in [-0.2, -0.15) is 0 Å². The minimum absolute atomic E-state index is 0.377. The second-order valence-corrected chi connectivity index (χ2v) is 3.65. The predicted molar refractivity (Wildman–Crippen MR) is 60.7 cm³/mol. The number of ether oxygens (including phenoxy) is 1. The molecule has 82 valence electrons. The summed E-state index contributed by atoms with van der Waals surface area (Å²) in [5.41, 5.74) is 2.08. The smallest absolute Gasteiger partial charge is 0.410 e. The van der Waals surface area contributed by atoms with Crippen molar-refractivity contribution in [2.45, 2.75) is 13.8 Å². The van der Waals surface area contributed by atoms with Gasteiger partial charge in [0.1, 0.15) is 5.75 Å². The Balaban J connectivity index is 2.60. The molecule has 0 atom stereocenters. The lowest BCUT2D eigenvalue weighted by molar-refractivity contribution is 0.201. The van der Waals surface area contributed by atoms with Crippen molar-refractivity contribution in [3.05, 3.63) is 29.3 Å². The summed E-state index contributed by atoms with van der Waals surface area (Å²) < 4.78 is 5.09. The number of carbonyl (C=O) groups is 1. The van der Waals surface area contributed by atoms with Crippen molar-refractivity contribution in [1.82, 2.24) is 5.32 Å². The number of benzene rings is 1. The monoisotopic (exact) mass is 227 g/mol. The summed E-state index contributed by atoms with van der Waals surface area (Å²) in [6, 6.07) is 5.65. The molecule has 0 unspecified atom stereocenters. The number of hydrogen-bond acceptors (Lipinski definition) is 2. The summed E-state index contributed by atoms with van der Waals surface area (Å²) in [5, 5.41) is 2.53. The van der Waals surface area contributed by atoms with Crippen LogP contribution in [0.2, 0.25) is 0 Å². The number of aryl methyl sites for hydroxylation is 2. The normalized spacial score (nSPS) is 9.80. The van der Waals surface area contributed by atoms with Gasteiger partial charge in [-0.25, -0.2) is 4.79 Å². The minimum atomic E-state index is -0.470. The van der Waals surface area contributed by atoms with Gasteiger partial charge in [-0.1, -0.05) is 17.7 Å². The number of hydrogen-bond donors (Lipinski definition) is 1. The fraction of sp³-hybridized carbons (Fsp3) is 0.364. The Morgan fingerprint density at radius 2 is 2.20 bits per heavy atom. The van der Waals surface area contributed by atoms with Crippen LogP contribution in [-0.2, 0) is 0 Å². The number of halogens is 1. The van der Waals surface area contributed by atoms with Crippen molar-refractivity contribution in [2.24, 2.45) is 0 Å². The second kappa shape index (κ2) is 5.61. The van der Waals surface area contributed by atoms with Crippen molar-refractivity contribution < 1.29 is 9.53 Å². The highest BCUT2D eigenvalue weighted by molar-refractivity contribution is 6.18. The highest BCUT2D eigenvalue weighted by Crippen LogP contribution is 2.18. The van der Waals surface area contributed by atoms with Crippen LogP contribution in [0.5, 0.6) is 5.75 Å². The zero-order valence-corrected chi connectivity index (χ0v) is 9.60. The van der Waals surface area contributed by atoms with Crippen molar-refractivity contribution in [3.8, 4) is 5.75 Å². The molecule has 0 saturated heterocycles. The topological polar surface area (TPSA) is 38.3 Å². The Morgan fingerprint density at radius 1 is 1.47 bits per heavy atom. The molecule has 0 radical (unpaired) electrons. The maximum absolute atomic E-state index is 11.2.